The Labute approximate surface area is 264 Å². The first-order chi connectivity index (χ1) is 21.5. The van der Waals surface area contributed by atoms with Crippen molar-refractivity contribution in [2.75, 3.05) is 0 Å². The summed E-state index contributed by atoms with van der Waals surface area (Å²) in [4.78, 5) is 36.0. The number of hydrogen-bond donors (Lipinski definition) is 2. The number of ether oxygens (including phenoxy) is 6. The van der Waals surface area contributed by atoms with Crippen LogP contribution in [0.4, 0.5) is 9.59 Å². The molecule has 3 aromatic rings. The van der Waals surface area contributed by atoms with E-state index in [0.717, 1.165) is 0 Å². The molecule has 0 aliphatic carbocycles. The zero-order valence-corrected chi connectivity index (χ0v) is 25.6. The Morgan fingerprint density at radius 2 is 1.04 bits per heavy atom. The van der Waals surface area contributed by atoms with Gasteiger partial charge in [0.25, 0.3) is 0 Å². The summed E-state index contributed by atoms with van der Waals surface area (Å²) in [6, 6.07) is 18.8. The summed E-state index contributed by atoms with van der Waals surface area (Å²) >= 11 is 0. The molecule has 3 aromatic carbocycles. The molecule has 0 amide bonds. The van der Waals surface area contributed by atoms with Gasteiger partial charge in [-0.3, -0.25) is 0 Å². The third-order valence-corrected chi connectivity index (χ3v) is 8.26. The highest BCUT2D eigenvalue weighted by atomic mass is 16.8. The molecule has 0 bridgehead atoms. The predicted octanol–water partition coefficient (Wildman–Crippen LogP) is 6.09. The van der Waals surface area contributed by atoms with Gasteiger partial charge < -0.3 is 38.6 Å². The van der Waals surface area contributed by atoms with Crippen LogP contribution in [0.2, 0.25) is 0 Å². The minimum atomic E-state index is -2.02. The average Bonchev–Trinajstić information content (AvgIpc) is 3.44. The van der Waals surface area contributed by atoms with E-state index < -0.39 is 40.7 Å². The first-order valence-corrected chi connectivity index (χ1v) is 14.0. The number of benzene rings is 3. The fourth-order valence-electron chi connectivity index (χ4n) is 4.85. The van der Waals surface area contributed by atoms with E-state index in [1.807, 2.05) is 0 Å². The van der Waals surface area contributed by atoms with Crippen molar-refractivity contribution >= 4 is 18.3 Å². The SMILES string of the molecule is C=C(Oc1ccc(OC(=O)C(C)(O)c2ccc(C3(C)OC(=O)OC3=C)cc2)cc1)C(C)(O)c1ccc(C2(C)OC(=O)OC2=C)cc1. The summed E-state index contributed by atoms with van der Waals surface area (Å²) < 4.78 is 31.6. The Bertz CT molecular complexity index is 1620. The number of cyclic esters (lactones) is 4. The Kier molecular flexibility index (Phi) is 7.80. The lowest BCUT2D eigenvalue weighted by Crippen LogP contribution is -2.36. The second kappa shape index (κ2) is 11.2. The van der Waals surface area contributed by atoms with Crippen LogP contribution < -0.4 is 9.47 Å². The van der Waals surface area contributed by atoms with Crippen molar-refractivity contribution in [1.29, 1.82) is 0 Å². The normalized spacial score (nSPS) is 23.3. The lowest BCUT2D eigenvalue weighted by Gasteiger charge is -2.27. The molecule has 2 aliphatic rings. The molecule has 2 heterocycles. The number of carbonyl (C=O) groups excluding carboxylic acids is 3. The Hall–Kier alpha value is -5.39. The molecule has 2 N–H and O–H groups in total. The van der Waals surface area contributed by atoms with Gasteiger partial charge in [-0.1, -0.05) is 68.3 Å². The fraction of sp³-hybridized carbons (Fsp3) is 0.229. The summed E-state index contributed by atoms with van der Waals surface area (Å²) in [7, 11) is 0. The Balaban J connectivity index is 1.21. The minimum absolute atomic E-state index is 0.0130. The maximum Gasteiger partial charge on any atom is 0.515 e. The van der Waals surface area contributed by atoms with Crippen LogP contribution >= 0.6 is 0 Å². The largest absolute Gasteiger partial charge is 0.515 e. The predicted molar refractivity (Wildman–Crippen MR) is 162 cm³/mol. The third kappa shape index (κ3) is 5.62. The number of esters is 1. The van der Waals surface area contributed by atoms with Crippen molar-refractivity contribution < 1.29 is 53.0 Å². The van der Waals surface area contributed by atoms with Gasteiger partial charge in [-0.05, 0) is 63.1 Å². The molecule has 4 unspecified atom stereocenters. The maximum atomic E-state index is 13.0. The average molecular weight is 629 g/mol. The van der Waals surface area contributed by atoms with E-state index in [-0.39, 0.29) is 28.6 Å². The molecule has 0 radical (unpaired) electrons. The van der Waals surface area contributed by atoms with Gasteiger partial charge in [0.2, 0.25) is 0 Å². The lowest BCUT2D eigenvalue weighted by atomic mass is 9.89. The van der Waals surface area contributed by atoms with Crippen LogP contribution in [-0.2, 0) is 46.1 Å². The molecule has 2 aliphatic heterocycles. The van der Waals surface area contributed by atoms with E-state index in [4.69, 9.17) is 28.4 Å². The van der Waals surface area contributed by atoms with Crippen molar-refractivity contribution in [3.8, 4) is 11.5 Å². The topological polar surface area (TPSA) is 147 Å². The molecule has 11 nitrogen and oxygen atoms in total. The van der Waals surface area contributed by atoms with Crippen LogP contribution in [0.15, 0.2) is 110 Å². The van der Waals surface area contributed by atoms with Crippen LogP contribution in [0.1, 0.15) is 49.9 Å². The van der Waals surface area contributed by atoms with Gasteiger partial charge in [0, 0.05) is 11.1 Å². The number of aliphatic hydroxyl groups is 2. The molecule has 2 saturated heterocycles. The van der Waals surface area contributed by atoms with E-state index in [1.165, 1.54) is 50.2 Å². The molecule has 4 atom stereocenters. The summed E-state index contributed by atoms with van der Waals surface area (Å²) in [6.07, 6.45) is -1.70. The Morgan fingerprint density at radius 3 is 1.41 bits per heavy atom. The van der Waals surface area contributed by atoms with Crippen LogP contribution in [0.25, 0.3) is 0 Å². The molecule has 46 heavy (non-hydrogen) atoms. The van der Waals surface area contributed by atoms with Crippen molar-refractivity contribution in [2.45, 2.75) is 50.1 Å². The lowest BCUT2D eigenvalue weighted by molar-refractivity contribution is -0.154. The maximum absolute atomic E-state index is 13.0. The summed E-state index contributed by atoms with van der Waals surface area (Å²) in [6.45, 7) is 17.4. The number of rotatable bonds is 9. The second-order valence-corrected chi connectivity index (χ2v) is 11.5. The molecule has 2 fully saturated rings. The van der Waals surface area contributed by atoms with Gasteiger partial charge in [-0.2, -0.15) is 0 Å². The first-order valence-electron chi connectivity index (χ1n) is 14.0. The molecular weight excluding hydrogens is 596 g/mol. The van der Waals surface area contributed by atoms with E-state index in [2.05, 4.69) is 19.7 Å². The van der Waals surface area contributed by atoms with E-state index >= 15 is 0 Å². The standard InChI is InChI=1S/C35H32O11/c1-20(32(4,39)23-8-12-25(13-9-23)34(6)21(2)42-30(37)45-34)41-27-16-18-28(19-17-27)44-29(36)33(5,40)24-10-14-26(15-11-24)35(7)22(3)43-31(38)46-35/h8-19,39-40H,1-3H2,4-7H3. The molecular formula is C35H32O11. The van der Waals surface area contributed by atoms with Crippen molar-refractivity contribution in [2.24, 2.45) is 0 Å². The van der Waals surface area contributed by atoms with Crippen LogP contribution in [0.5, 0.6) is 11.5 Å². The molecule has 238 valence electrons. The fourth-order valence-corrected chi connectivity index (χ4v) is 4.85. The van der Waals surface area contributed by atoms with Crippen molar-refractivity contribution in [3.05, 3.63) is 132 Å². The second-order valence-electron chi connectivity index (χ2n) is 11.5. The van der Waals surface area contributed by atoms with Gasteiger partial charge in [-0.15, -0.1) is 0 Å². The quantitative estimate of drug-likeness (QED) is 0.161. The molecule has 0 aromatic heterocycles. The van der Waals surface area contributed by atoms with E-state index in [9.17, 15) is 24.6 Å². The van der Waals surface area contributed by atoms with E-state index in [0.29, 0.717) is 22.4 Å². The molecule has 5 rings (SSSR count). The van der Waals surface area contributed by atoms with Crippen LogP contribution in [-0.4, -0.2) is 28.5 Å². The Morgan fingerprint density at radius 1 is 0.674 bits per heavy atom. The summed E-state index contributed by atoms with van der Waals surface area (Å²) in [5.41, 5.74) is -4.16. The molecule has 11 heteroatoms. The van der Waals surface area contributed by atoms with Gasteiger partial charge in [0.15, 0.2) is 28.3 Å². The summed E-state index contributed by atoms with van der Waals surface area (Å²) in [5.74, 6) is -0.214. The van der Waals surface area contributed by atoms with Crippen molar-refractivity contribution in [1.82, 2.24) is 0 Å². The number of hydrogen-bond acceptors (Lipinski definition) is 11. The molecule has 0 saturated carbocycles. The van der Waals surface area contributed by atoms with Crippen molar-refractivity contribution in [3.63, 3.8) is 0 Å². The third-order valence-electron chi connectivity index (χ3n) is 8.26. The zero-order chi connectivity index (χ0) is 33.7. The van der Waals surface area contributed by atoms with Gasteiger partial charge in [-0.25, -0.2) is 14.4 Å². The minimum Gasteiger partial charge on any atom is -0.459 e. The smallest absolute Gasteiger partial charge is 0.459 e. The summed E-state index contributed by atoms with van der Waals surface area (Å²) in [5, 5.41) is 22.3. The van der Waals surface area contributed by atoms with E-state index in [1.54, 1.807) is 50.2 Å². The highest BCUT2D eigenvalue weighted by Crippen LogP contribution is 2.41. The van der Waals surface area contributed by atoms with Gasteiger partial charge >= 0.3 is 18.3 Å². The highest BCUT2D eigenvalue weighted by molar-refractivity contribution is 5.82. The monoisotopic (exact) mass is 628 g/mol. The number of carbonyl (C=O) groups is 3. The van der Waals surface area contributed by atoms with Crippen LogP contribution in [0, 0.1) is 0 Å². The highest BCUT2D eigenvalue weighted by Gasteiger charge is 2.45. The van der Waals surface area contributed by atoms with Gasteiger partial charge in [0.1, 0.15) is 22.9 Å². The zero-order valence-electron chi connectivity index (χ0n) is 25.6. The molecule has 0 spiro atoms. The van der Waals surface area contributed by atoms with Gasteiger partial charge in [0.05, 0.1) is 0 Å². The first kappa shape index (κ1) is 32.0. The van der Waals surface area contributed by atoms with Crippen LogP contribution in [0.3, 0.4) is 0 Å².